The summed E-state index contributed by atoms with van der Waals surface area (Å²) in [6, 6.07) is 6.33. The highest BCUT2D eigenvalue weighted by Crippen LogP contribution is 2.27. The maximum Gasteiger partial charge on any atom is 0.490 e. The number of methoxy groups -OCH3 is 1. The number of pyridine rings is 1. The minimum Gasteiger partial charge on any atom is -0.475 e. The minimum atomic E-state index is -5.08. The normalized spacial score (nSPS) is 15.6. The number of hydrogen-bond acceptors (Lipinski definition) is 6. The second-order valence-electron chi connectivity index (χ2n) is 7.11. The molecule has 0 bridgehead atoms. The van der Waals surface area contributed by atoms with Gasteiger partial charge in [0.05, 0.1) is 6.61 Å². The quantitative estimate of drug-likeness (QED) is 0.627. The number of thiophene rings is 1. The standard InChI is InChI=1S/C18H22N4OS.C2HF3O2/c1-23-10-9-21-7-4-14(5-8-21)18-19-17-3-2-15(12-22(17)20-18)16-6-11-24-13-16;3-2(4,5)1(6)7/h2-3,6,11-14H,4-5,7-10H2,1H3;(H,6,7). The summed E-state index contributed by atoms with van der Waals surface area (Å²) in [6.07, 6.45) is -0.752. The fraction of sp³-hybridized carbons (Fsp3) is 0.450. The van der Waals surface area contributed by atoms with Gasteiger partial charge in [-0.1, -0.05) is 0 Å². The largest absolute Gasteiger partial charge is 0.490 e. The van der Waals surface area contributed by atoms with Crippen LogP contribution in [0.1, 0.15) is 24.6 Å². The monoisotopic (exact) mass is 456 g/mol. The SMILES string of the molecule is COCCN1CCC(c2nc3ccc(-c4ccsc4)cn3n2)CC1.O=C(O)C(F)(F)F. The van der Waals surface area contributed by atoms with Gasteiger partial charge in [-0.3, -0.25) is 0 Å². The van der Waals surface area contributed by atoms with Crippen LogP contribution >= 0.6 is 11.3 Å². The third-order valence-corrected chi connectivity index (χ3v) is 5.69. The molecule has 168 valence electrons. The molecule has 1 aliphatic heterocycles. The maximum atomic E-state index is 10.6. The predicted molar refractivity (Wildman–Crippen MR) is 110 cm³/mol. The fourth-order valence-corrected chi connectivity index (χ4v) is 3.97. The van der Waals surface area contributed by atoms with Gasteiger partial charge in [-0.2, -0.15) is 29.6 Å². The molecule has 3 aromatic heterocycles. The van der Waals surface area contributed by atoms with Crippen LogP contribution in [-0.4, -0.2) is 70.1 Å². The molecule has 0 unspecified atom stereocenters. The van der Waals surface area contributed by atoms with Crippen molar-refractivity contribution >= 4 is 23.0 Å². The van der Waals surface area contributed by atoms with E-state index < -0.39 is 12.1 Å². The molecule has 11 heteroatoms. The van der Waals surface area contributed by atoms with Crippen LogP contribution in [0.15, 0.2) is 35.2 Å². The van der Waals surface area contributed by atoms with E-state index in [1.54, 1.807) is 18.4 Å². The van der Waals surface area contributed by atoms with Gasteiger partial charge in [-0.25, -0.2) is 14.3 Å². The highest BCUT2D eigenvalue weighted by Gasteiger charge is 2.38. The number of fused-ring (bicyclic) bond motifs is 1. The van der Waals surface area contributed by atoms with E-state index in [4.69, 9.17) is 24.7 Å². The molecule has 0 spiro atoms. The number of nitrogens with zero attached hydrogens (tertiary/aromatic N) is 4. The summed E-state index contributed by atoms with van der Waals surface area (Å²) in [5.41, 5.74) is 3.37. The minimum absolute atomic E-state index is 0.466. The van der Waals surface area contributed by atoms with E-state index in [-0.39, 0.29) is 0 Å². The molecule has 3 aromatic rings. The Morgan fingerprint density at radius 2 is 1.97 bits per heavy atom. The molecule has 1 N–H and O–H groups in total. The summed E-state index contributed by atoms with van der Waals surface area (Å²) in [7, 11) is 1.76. The number of alkyl halides is 3. The summed E-state index contributed by atoms with van der Waals surface area (Å²) in [5, 5.41) is 16.1. The van der Waals surface area contributed by atoms with Gasteiger partial charge in [0.2, 0.25) is 0 Å². The van der Waals surface area contributed by atoms with Crippen LogP contribution in [-0.2, 0) is 9.53 Å². The molecule has 0 saturated carbocycles. The average Bonchev–Trinajstić information content (AvgIpc) is 3.41. The van der Waals surface area contributed by atoms with Crippen molar-refractivity contribution in [3.05, 3.63) is 41.0 Å². The van der Waals surface area contributed by atoms with E-state index in [9.17, 15) is 13.2 Å². The van der Waals surface area contributed by atoms with E-state index >= 15 is 0 Å². The average molecular weight is 456 g/mol. The molecular weight excluding hydrogens is 433 g/mol. The highest BCUT2D eigenvalue weighted by atomic mass is 32.1. The van der Waals surface area contributed by atoms with E-state index in [0.29, 0.717) is 5.92 Å². The van der Waals surface area contributed by atoms with Crippen molar-refractivity contribution in [3.63, 3.8) is 0 Å². The van der Waals surface area contributed by atoms with Gasteiger partial charge in [0, 0.05) is 31.3 Å². The Bertz CT molecular complexity index is 983. The molecule has 1 aliphatic rings. The number of aromatic nitrogens is 3. The molecule has 1 fully saturated rings. The first kappa shape index (κ1) is 23.2. The molecule has 0 aliphatic carbocycles. The van der Waals surface area contributed by atoms with Crippen molar-refractivity contribution in [1.82, 2.24) is 19.5 Å². The Morgan fingerprint density at radius 3 is 2.55 bits per heavy atom. The van der Waals surface area contributed by atoms with E-state index in [2.05, 4.69) is 40.1 Å². The third kappa shape index (κ3) is 6.25. The van der Waals surface area contributed by atoms with Crippen molar-refractivity contribution in [1.29, 1.82) is 0 Å². The van der Waals surface area contributed by atoms with Crippen molar-refractivity contribution in [2.75, 3.05) is 33.4 Å². The molecule has 0 amide bonds. The number of halogens is 3. The van der Waals surface area contributed by atoms with Crippen LogP contribution in [0.2, 0.25) is 0 Å². The summed E-state index contributed by atoms with van der Waals surface area (Å²) < 4.78 is 38.8. The molecule has 0 atom stereocenters. The van der Waals surface area contributed by atoms with Gasteiger partial charge in [-0.15, -0.1) is 0 Å². The molecule has 7 nitrogen and oxygen atoms in total. The highest BCUT2D eigenvalue weighted by molar-refractivity contribution is 7.08. The number of ether oxygens (including phenoxy) is 1. The zero-order valence-electron chi connectivity index (χ0n) is 16.9. The van der Waals surface area contributed by atoms with Crippen molar-refractivity contribution in [2.24, 2.45) is 0 Å². The molecule has 4 rings (SSSR count). The van der Waals surface area contributed by atoms with Crippen molar-refractivity contribution < 1.29 is 27.8 Å². The number of piperidine rings is 1. The third-order valence-electron chi connectivity index (χ3n) is 5.01. The Hall–Kier alpha value is -2.50. The summed E-state index contributed by atoms with van der Waals surface area (Å²) in [4.78, 5) is 16.1. The molecule has 0 radical (unpaired) electrons. The fourth-order valence-electron chi connectivity index (χ4n) is 3.31. The smallest absolute Gasteiger partial charge is 0.475 e. The van der Waals surface area contributed by atoms with Crippen molar-refractivity contribution in [2.45, 2.75) is 24.9 Å². The zero-order chi connectivity index (χ0) is 22.4. The van der Waals surface area contributed by atoms with Crippen molar-refractivity contribution in [3.8, 4) is 11.1 Å². The van der Waals surface area contributed by atoms with Gasteiger partial charge in [0.15, 0.2) is 11.5 Å². The lowest BCUT2D eigenvalue weighted by Gasteiger charge is -2.30. The van der Waals surface area contributed by atoms with Crippen LogP contribution in [0.5, 0.6) is 0 Å². The number of carbonyl (C=O) groups is 1. The van der Waals surface area contributed by atoms with Crippen LogP contribution < -0.4 is 0 Å². The molecule has 4 heterocycles. The van der Waals surface area contributed by atoms with Crippen LogP contribution in [0.25, 0.3) is 16.8 Å². The summed E-state index contributed by atoms with van der Waals surface area (Å²) >= 11 is 1.71. The van der Waals surface area contributed by atoms with Gasteiger partial charge < -0.3 is 14.7 Å². The first-order valence-electron chi connectivity index (χ1n) is 9.68. The lowest BCUT2D eigenvalue weighted by atomic mass is 9.96. The number of aliphatic carboxylic acids is 1. The first-order chi connectivity index (χ1) is 14.8. The molecule has 1 saturated heterocycles. The van der Waals surface area contributed by atoms with Gasteiger partial charge in [0.1, 0.15) is 0 Å². The summed E-state index contributed by atoms with van der Waals surface area (Å²) in [5.74, 6) is -1.30. The second-order valence-corrected chi connectivity index (χ2v) is 7.89. The van der Waals surface area contributed by atoms with E-state index in [1.807, 2.05) is 4.52 Å². The van der Waals surface area contributed by atoms with Gasteiger partial charge in [0.25, 0.3) is 0 Å². The number of carboxylic acid groups (broad SMARTS) is 1. The Morgan fingerprint density at radius 1 is 1.26 bits per heavy atom. The Kier molecular flexibility index (Phi) is 7.63. The van der Waals surface area contributed by atoms with Gasteiger partial charge >= 0.3 is 12.1 Å². The Balaban J connectivity index is 0.000000339. The second kappa shape index (κ2) is 10.2. The lowest BCUT2D eigenvalue weighted by molar-refractivity contribution is -0.192. The topological polar surface area (TPSA) is 80.0 Å². The molecular formula is C20H23F3N4O3S. The number of carboxylic acids is 1. The molecule has 31 heavy (non-hydrogen) atoms. The number of rotatable bonds is 5. The maximum absolute atomic E-state index is 10.6. The van der Waals surface area contributed by atoms with Crippen LogP contribution in [0.3, 0.4) is 0 Å². The van der Waals surface area contributed by atoms with Gasteiger partial charge in [-0.05, 0) is 60.5 Å². The van der Waals surface area contributed by atoms with Crippen LogP contribution in [0.4, 0.5) is 13.2 Å². The molecule has 0 aromatic carbocycles. The lowest BCUT2D eigenvalue weighted by Crippen LogP contribution is -2.35. The Labute approximate surface area is 181 Å². The number of hydrogen-bond donors (Lipinski definition) is 1. The predicted octanol–water partition coefficient (Wildman–Crippen LogP) is 3.92. The number of likely N-dealkylation sites (tertiary alicyclic amines) is 1. The van der Waals surface area contributed by atoms with Crippen LogP contribution in [0, 0.1) is 0 Å². The van der Waals surface area contributed by atoms with E-state index in [0.717, 1.165) is 50.6 Å². The van der Waals surface area contributed by atoms with E-state index in [1.165, 1.54) is 11.1 Å². The first-order valence-corrected chi connectivity index (χ1v) is 10.6. The zero-order valence-corrected chi connectivity index (χ0v) is 17.7. The summed E-state index contributed by atoms with van der Waals surface area (Å²) in [6.45, 7) is 4.03.